The summed E-state index contributed by atoms with van der Waals surface area (Å²) in [6.45, 7) is 9.41. The molecule has 1 aromatic rings. The Morgan fingerprint density at radius 1 is 1.27 bits per heavy atom. The smallest absolute Gasteiger partial charge is 0.234 e. The Morgan fingerprint density at radius 2 is 2.08 bits per heavy atom. The lowest BCUT2D eigenvalue weighted by Crippen LogP contribution is -2.51. The summed E-state index contributed by atoms with van der Waals surface area (Å²) in [6, 6.07) is 7.94. The standard InChI is InChI=1S/C20H31N3O3/c1-17-4-2-5-18(14-17)26-13-7-21-20(24)16-23-10-8-22(9-11-23)15-19-6-3-12-25-19/h2,4-5,14,19H,3,6-13,15-16H2,1H3,(H,21,24). The minimum absolute atomic E-state index is 0.0745. The first kappa shape index (κ1) is 19.1. The normalized spacial score (nSPS) is 21.7. The Hall–Kier alpha value is -1.63. The zero-order chi connectivity index (χ0) is 18.2. The fourth-order valence-electron chi connectivity index (χ4n) is 3.53. The number of rotatable bonds is 8. The first-order chi connectivity index (χ1) is 12.7. The predicted octanol–water partition coefficient (Wildman–Crippen LogP) is 1.29. The number of benzene rings is 1. The van der Waals surface area contributed by atoms with Gasteiger partial charge >= 0.3 is 0 Å². The molecular formula is C20H31N3O3. The van der Waals surface area contributed by atoms with E-state index in [-0.39, 0.29) is 5.91 Å². The van der Waals surface area contributed by atoms with Gasteiger partial charge in [-0.3, -0.25) is 14.6 Å². The van der Waals surface area contributed by atoms with Gasteiger partial charge < -0.3 is 14.8 Å². The fraction of sp³-hybridized carbons (Fsp3) is 0.650. The molecule has 0 bridgehead atoms. The van der Waals surface area contributed by atoms with Gasteiger partial charge in [-0.05, 0) is 37.5 Å². The van der Waals surface area contributed by atoms with E-state index in [1.807, 2.05) is 31.2 Å². The van der Waals surface area contributed by atoms with Crippen molar-refractivity contribution in [3.05, 3.63) is 29.8 Å². The molecule has 6 nitrogen and oxygen atoms in total. The van der Waals surface area contributed by atoms with Crippen molar-refractivity contribution in [1.29, 1.82) is 0 Å². The summed E-state index contributed by atoms with van der Waals surface area (Å²) in [4.78, 5) is 16.8. The highest BCUT2D eigenvalue weighted by Gasteiger charge is 2.23. The van der Waals surface area contributed by atoms with Gasteiger partial charge in [0.05, 0.1) is 19.2 Å². The maximum absolute atomic E-state index is 12.1. The maximum Gasteiger partial charge on any atom is 0.234 e. The van der Waals surface area contributed by atoms with E-state index in [1.54, 1.807) is 0 Å². The Labute approximate surface area is 156 Å². The number of amides is 1. The lowest BCUT2D eigenvalue weighted by Gasteiger charge is -2.35. The molecule has 1 unspecified atom stereocenters. The van der Waals surface area contributed by atoms with Crippen molar-refractivity contribution in [3.63, 3.8) is 0 Å². The molecule has 2 heterocycles. The lowest BCUT2D eigenvalue weighted by atomic mass is 10.2. The number of hydrogen-bond acceptors (Lipinski definition) is 5. The largest absolute Gasteiger partial charge is 0.492 e. The quantitative estimate of drug-likeness (QED) is 0.707. The van der Waals surface area contributed by atoms with Gasteiger partial charge in [0.25, 0.3) is 0 Å². The van der Waals surface area contributed by atoms with E-state index in [2.05, 4.69) is 15.1 Å². The summed E-state index contributed by atoms with van der Waals surface area (Å²) < 4.78 is 11.4. The molecule has 1 aromatic carbocycles. The molecule has 144 valence electrons. The SMILES string of the molecule is Cc1cccc(OCCNC(=O)CN2CCN(CC3CCCO3)CC2)c1. The zero-order valence-electron chi connectivity index (χ0n) is 15.8. The molecule has 1 N–H and O–H groups in total. The Kier molecular flexibility index (Phi) is 7.29. The van der Waals surface area contributed by atoms with E-state index in [0.717, 1.165) is 45.1 Å². The molecule has 1 atom stereocenters. The van der Waals surface area contributed by atoms with Crippen molar-refractivity contribution in [2.24, 2.45) is 0 Å². The van der Waals surface area contributed by atoms with Gasteiger partial charge in [0.2, 0.25) is 5.91 Å². The van der Waals surface area contributed by atoms with Crippen LogP contribution in [0.2, 0.25) is 0 Å². The van der Waals surface area contributed by atoms with Crippen molar-refractivity contribution in [2.75, 3.05) is 59.0 Å². The molecule has 0 aromatic heterocycles. The molecule has 6 heteroatoms. The molecule has 2 fully saturated rings. The Bertz CT molecular complexity index is 567. The van der Waals surface area contributed by atoms with Crippen molar-refractivity contribution in [2.45, 2.75) is 25.9 Å². The van der Waals surface area contributed by atoms with Crippen molar-refractivity contribution < 1.29 is 14.3 Å². The molecular weight excluding hydrogens is 330 g/mol. The molecule has 0 spiro atoms. The summed E-state index contributed by atoms with van der Waals surface area (Å²) in [5.74, 6) is 0.923. The van der Waals surface area contributed by atoms with Gasteiger partial charge in [0.1, 0.15) is 12.4 Å². The average Bonchev–Trinajstić information content (AvgIpc) is 3.14. The van der Waals surface area contributed by atoms with Crippen LogP contribution in [0.15, 0.2) is 24.3 Å². The van der Waals surface area contributed by atoms with E-state index in [1.165, 1.54) is 18.4 Å². The van der Waals surface area contributed by atoms with Gasteiger partial charge in [0, 0.05) is 39.3 Å². The average molecular weight is 361 g/mol. The number of carbonyl (C=O) groups is 1. The third kappa shape index (κ3) is 6.27. The third-order valence-corrected chi connectivity index (χ3v) is 5.00. The number of hydrogen-bond donors (Lipinski definition) is 1. The number of nitrogens with one attached hydrogen (secondary N) is 1. The number of aryl methyl sites for hydroxylation is 1. The van der Waals surface area contributed by atoms with Gasteiger partial charge in [-0.15, -0.1) is 0 Å². The van der Waals surface area contributed by atoms with Crippen molar-refractivity contribution >= 4 is 5.91 Å². The second-order valence-corrected chi connectivity index (χ2v) is 7.23. The molecule has 1 amide bonds. The molecule has 3 rings (SSSR count). The van der Waals surface area contributed by atoms with Crippen LogP contribution in [0.1, 0.15) is 18.4 Å². The second kappa shape index (κ2) is 9.90. The molecule has 0 radical (unpaired) electrons. The number of ether oxygens (including phenoxy) is 2. The predicted molar refractivity (Wildman–Crippen MR) is 102 cm³/mol. The van der Waals surface area contributed by atoms with Crippen molar-refractivity contribution in [3.8, 4) is 5.75 Å². The summed E-state index contributed by atoms with van der Waals surface area (Å²) in [5.41, 5.74) is 1.17. The Morgan fingerprint density at radius 3 is 2.81 bits per heavy atom. The Balaban J connectivity index is 1.26. The van der Waals surface area contributed by atoms with Crippen LogP contribution in [0.3, 0.4) is 0 Å². The van der Waals surface area contributed by atoms with Gasteiger partial charge in [-0.1, -0.05) is 12.1 Å². The molecule has 26 heavy (non-hydrogen) atoms. The summed E-state index contributed by atoms with van der Waals surface area (Å²) >= 11 is 0. The van der Waals surface area contributed by atoms with E-state index in [9.17, 15) is 4.79 Å². The monoisotopic (exact) mass is 361 g/mol. The first-order valence-corrected chi connectivity index (χ1v) is 9.71. The summed E-state index contributed by atoms with van der Waals surface area (Å²) in [5, 5.41) is 2.95. The first-order valence-electron chi connectivity index (χ1n) is 9.71. The second-order valence-electron chi connectivity index (χ2n) is 7.23. The molecule has 0 saturated carbocycles. The maximum atomic E-state index is 12.1. The van der Waals surface area contributed by atoms with Crippen LogP contribution >= 0.6 is 0 Å². The third-order valence-electron chi connectivity index (χ3n) is 5.00. The van der Waals surface area contributed by atoms with Crippen LogP contribution < -0.4 is 10.1 Å². The van der Waals surface area contributed by atoms with Crippen LogP contribution in [0.5, 0.6) is 5.75 Å². The summed E-state index contributed by atoms with van der Waals surface area (Å²) in [6.07, 6.45) is 2.80. The molecule has 2 aliphatic heterocycles. The van der Waals surface area contributed by atoms with Gasteiger partial charge in [0.15, 0.2) is 0 Å². The van der Waals surface area contributed by atoms with E-state index in [4.69, 9.17) is 9.47 Å². The van der Waals surface area contributed by atoms with E-state index < -0.39 is 0 Å². The van der Waals surface area contributed by atoms with Crippen LogP contribution in [0.4, 0.5) is 0 Å². The van der Waals surface area contributed by atoms with Crippen LogP contribution in [0, 0.1) is 6.92 Å². The zero-order valence-corrected chi connectivity index (χ0v) is 15.8. The number of carbonyl (C=O) groups excluding carboxylic acids is 1. The topological polar surface area (TPSA) is 54.0 Å². The summed E-state index contributed by atoms with van der Waals surface area (Å²) in [7, 11) is 0. The van der Waals surface area contributed by atoms with Gasteiger partial charge in [-0.25, -0.2) is 0 Å². The fourth-order valence-corrected chi connectivity index (χ4v) is 3.53. The molecule has 2 aliphatic rings. The van der Waals surface area contributed by atoms with Gasteiger partial charge in [-0.2, -0.15) is 0 Å². The van der Waals surface area contributed by atoms with Crippen molar-refractivity contribution in [1.82, 2.24) is 15.1 Å². The van der Waals surface area contributed by atoms with Crippen LogP contribution in [-0.4, -0.2) is 80.8 Å². The highest BCUT2D eigenvalue weighted by molar-refractivity contribution is 5.78. The van der Waals surface area contributed by atoms with Crippen LogP contribution in [0.25, 0.3) is 0 Å². The van der Waals surface area contributed by atoms with Crippen LogP contribution in [-0.2, 0) is 9.53 Å². The number of piperazine rings is 1. The minimum Gasteiger partial charge on any atom is -0.492 e. The number of nitrogens with zero attached hydrogens (tertiary/aromatic N) is 2. The lowest BCUT2D eigenvalue weighted by molar-refractivity contribution is -0.122. The minimum atomic E-state index is 0.0745. The van der Waals surface area contributed by atoms with E-state index in [0.29, 0.717) is 25.8 Å². The highest BCUT2D eigenvalue weighted by atomic mass is 16.5. The van der Waals surface area contributed by atoms with E-state index >= 15 is 0 Å². The molecule has 2 saturated heterocycles. The molecule has 0 aliphatic carbocycles. The highest BCUT2D eigenvalue weighted by Crippen LogP contribution is 2.14.